The Hall–Kier alpha value is -1.42. The van der Waals surface area contributed by atoms with Crippen molar-refractivity contribution in [3.05, 3.63) is 34.8 Å². The average Bonchev–Trinajstić information content (AvgIpc) is 2.18. The second-order valence-corrected chi connectivity index (χ2v) is 3.15. The number of nitrogens with one attached hydrogen (secondary N) is 1. The van der Waals surface area contributed by atoms with Crippen molar-refractivity contribution in [2.24, 2.45) is 0 Å². The minimum absolute atomic E-state index is 0.228. The molecule has 4 nitrogen and oxygen atoms in total. The van der Waals surface area contributed by atoms with Crippen LogP contribution < -0.4 is 4.73 Å². The highest BCUT2D eigenvalue weighted by atomic mass is 16.5. The predicted octanol–water partition coefficient (Wildman–Crippen LogP) is 0.437. The van der Waals surface area contributed by atoms with Crippen molar-refractivity contribution in [2.45, 2.75) is 19.8 Å². The summed E-state index contributed by atoms with van der Waals surface area (Å²) in [7, 11) is 0. The van der Waals surface area contributed by atoms with Gasteiger partial charge in [-0.2, -0.15) is 4.73 Å². The van der Waals surface area contributed by atoms with E-state index in [1.54, 1.807) is 6.07 Å². The first-order valence-electron chi connectivity index (χ1n) is 4.55. The summed E-state index contributed by atoms with van der Waals surface area (Å²) in [6, 6.07) is 1.76. The van der Waals surface area contributed by atoms with Gasteiger partial charge in [-0.15, -0.1) is 0 Å². The van der Waals surface area contributed by atoms with Crippen molar-refractivity contribution in [1.82, 2.24) is 0 Å². The molecular weight excluding hydrogens is 180 g/mol. The average molecular weight is 194 g/mol. The Morgan fingerprint density at radius 2 is 2.29 bits per heavy atom. The number of rotatable bonds is 4. The maximum absolute atomic E-state index is 11.0. The molecule has 0 bridgehead atoms. The molecule has 0 aliphatic rings. The first-order valence-corrected chi connectivity index (χ1v) is 4.55. The van der Waals surface area contributed by atoms with E-state index in [4.69, 9.17) is 10.5 Å². The highest BCUT2D eigenvalue weighted by Crippen LogP contribution is 2.07. The van der Waals surface area contributed by atoms with E-state index in [0.717, 1.165) is 22.3 Å². The minimum Gasteiger partial charge on any atom is -0.619 e. The van der Waals surface area contributed by atoms with Crippen molar-refractivity contribution in [1.29, 1.82) is 5.41 Å². The van der Waals surface area contributed by atoms with Crippen LogP contribution in [-0.4, -0.2) is 17.4 Å². The Balaban J connectivity index is 2.93. The maximum Gasteiger partial charge on any atom is 0.184 e. The van der Waals surface area contributed by atoms with Crippen LogP contribution in [0.15, 0.2) is 18.5 Å². The smallest absolute Gasteiger partial charge is 0.184 e. The molecule has 1 aromatic rings. The van der Waals surface area contributed by atoms with Crippen molar-refractivity contribution in [2.75, 3.05) is 6.61 Å². The standard InChI is InChI=1S/C10H14N2O2/c1-2-8-3-4-12(14)6-9(8)5-10(11)7-13/h3-4,6,11,13H,2,5,7H2,1H3. The molecule has 0 fully saturated rings. The van der Waals surface area contributed by atoms with E-state index in [-0.39, 0.29) is 12.3 Å². The molecule has 0 atom stereocenters. The topological polar surface area (TPSA) is 71.0 Å². The van der Waals surface area contributed by atoms with Crippen molar-refractivity contribution >= 4 is 5.71 Å². The van der Waals surface area contributed by atoms with Crippen LogP contribution in [0, 0.1) is 10.6 Å². The number of aliphatic hydroxyl groups excluding tert-OH is 1. The molecule has 0 amide bonds. The van der Waals surface area contributed by atoms with Gasteiger partial charge in [-0.1, -0.05) is 6.92 Å². The molecule has 0 aromatic carbocycles. The van der Waals surface area contributed by atoms with Crippen LogP contribution >= 0.6 is 0 Å². The number of hydrogen-bond acceptors (Lipinski definition) is 3. The van der Waals surface area contributed by atoms with Gasteiger partial charge in [0.05, 0.1) is 6.61 Å². The van der Waals surface area contributed by atoms with Gasteiger partial charge in [0, 0.05) is 23.8 Å². The second kappa shape index (κ2) is 4.72. The lowest BCUT2D eigenvalue weighted by Crippen LogP contribution is -2.26. The molecular formula is C10H14N2O2. The van der Waals surface area contributed by atoms with Gasteiger partial charge in [0.2, 0.25) is 0 Å². The molecule has 0 saturated carbocycles. The molecule has 0 spiro atoms. The highest BCUT2D eigenvalue weighted by Gasteiger charge is 2.07. The molecule has 0 unspecified atom stereocenters. The van der Waals surface area contributed by atoms with E-state index in [1.807, 2.05) is 6.92 Å². The highest BCUT2D eigenvalue weighted by molar-refractivity contribution is 5.84. The summed E-state index contributed by atoms with van der Waals surface area (Å²) in [6.07, 6.45) is 4.09. The van der Waals surface area contributed by atoms with Gasteiger partial charge in [-0.3, -0.25) is 0 Å². The van der Waals surface area contributed by atoms with Crippen LogP contribution in [0.25, 0.3) is 0 Å². The Kier molecular flexibility index (Phi) is 3.59. The lowest BCUT2D eigenvalue weighted by atomic mass is 10.0. The third-order valence-electron chi connectivity index (χ3n) is 2.09. The quantitative estimate of drug-likeness (QED) is 0.414. The number of aliphatic hydroxyl groups is 1. The summed E-state index contributed by atoms with van der Waals surface area (Å²) >= 11 is 0. The normalized spacial score (nSPS) is 10.1. The number of aryl methyl sites for hydroxylation is 1. The van der Waals surface area contributed by atoms with Gasteiger partial charge in [-0.05, 0) is 12.0 Å². The fraction of sp³-hybridized carbons (Fsp3) is 0.400. The zero-order valence-corrected chi connectivity index (χ0v) is 8.16. The zero-order valence-electron chi connectivity index (χ0n) is 8.16. The van der Waals surface area contributed by atoms with E-state index in [2.05, 4.69) is 0 Å². The predicted molar refractivity (Wildman–Crippen MR) is 53.3 cm³/mol. The van der Waals surface area contributed by atoms with Crippen LogP contribution in [0.2, 0.25) is 0 Å². The summed E-state index contributed by atoms with van der Waals surface area (Å²) in [5, 5.41) is 27.1. The van der Waals surface area contributed by atoms with Gasteiger partial charge < -0.3 is 15.7 Å². The van der Waals surface area contributed by atoms with Gasteiger partial charge in [0.25, 0.3) is 0 Å². The number of aromatic nitrogens is 1. The molecule has 4 heteroatoms. The Morgan fingerprint density at radius 3 is 2.86 bits per heavy atom. The van der Waals surface area contributed by atoms with Gasteiger partial charge >= 0.3 is 0 Å². The van der Waals surface area contributed by atoms with E-state index >= 15 is 0 Å². The zero-order chi connectivity index (χ0) is 10.6. The number of nitrogens with zero attached hydrogens (tertiary/aromatic N) is 1. The number of pyridine rings is 1. The van der Waals surface area contributed by atoms with Crippen LogP contribution in [0.1, 0.15) is 18.1 Å². The first-order chi connectivity index (χ1) is 6.67. The summed E-state index contributed by atoms with van der Waals surface area (Å²) in [5.74, 6) is 0. The molecule has 2 N–H and O–H groups in total. The van der Waals surface area contributed by atoms with Gasteiger partial charge in [0.1, 0.15) is 0 Å². The SMILES string of the molecule is CCc1cc[n+]([O-])cc1CC(=N)CO. The fourth-order valence-electron chi connectivity index (χ4n) is 1.34. The van der Waals surface area contributed by atoms with Crippen LogP contribution in [0.3, 0.4) is 0 Å². The van der Waals surface area contributed by atoms with E-state index in [1.165, 1.54) is 12.4 Å². The monoisotopic (exact) mass is 194 g/mol. The molecule has 76 valence electrons. The van der Waals surface area contributed by atoms with Crippen molar-refractivity contribution in [3.8, 4) is 0 Å². The third-order valence-corrected chi connectivity index (χ3v) is 2.09. The van der Waals surface area contributed by atoms with Gasteiger partial charge in [-0.25, -0.2) is 0 Å². The van der Waals surface area contributed by atoms with Crippen LogP contribution in [0.4, 0.5) is 0 Å². The van der Waals surface area contributed by atoms with Gasteiger partial charge in [0.15, 0.2) is 12.4 Å². The largest absolute Gasteiger partial charge is 0.619 e. The lowest BCUT2D eigenvalue weighted by molar-refractivity contribution is -0.605. The Bertz CT molecular complexity index is 337. The summed E-state index contributed by atoms with van der Waals surface area (Å²) < 4.78 is 0.721. The lowest BCUT2D eigenvalue weighted by Gasteiger charge is -2.06. The Morgan fingerprint density at radius 1 is 1.57 bits per heavy atom. The molecule has 1 heterocycles. The summed E-state index contributed by atoms with van der Waals surface area (Å²) in [5.41, 5.74) is 2.10. The van der Waals surface area contributed by atoms with E-state index < -0.39 is 0 Å². The van der Waals surface area contributed by atoms with Crippen molar-refractivity contribution in [3.63, 3.8) is 0 Å². The maximum atomic E-state index is 11.0. The molecule has 1 rings (SSSR count). The fourth-order valence-corrected chi connectivity index (χ4v) is 1.34. The van der Waals surface area contributed by atoms with E-state index in [9.17, 15) is 5.21 Å². The van der Waals surface area contributed by atoms with Crippen LogP contribution in [-0.2, 0) is 12.8 Å². The second-order valence-electron chi connectivity index (χ2n) is 3.15. The molecule has 0 radical (unpaired) electrons. The molecule has 0 saturated heterocycles. The van der Waals surface area contributed by atoms with Crippen LogP contribution in [0.5, 0.6) is 0 Å². The first kappa shape index (κ1) is 10.7. The number of hydrogen-bond donors (Lipinski definition) is 2. The Labute approximate surface area is 82.9 Å². The van der Waals surface area contributed by atoms with E-state index in [0.29, 0.717) is 6.42 Å². The summed E-state index contributed by atoms with van der Waals surface area (Å²) in [6.45, 7) is 1.74. The molecule has 1 aromatic heterocycles. The summed E-state index contributed by atoms with van der Waals surface area (Å²) in [4.78, 5) is 0. The minimum atomic E-state index is -0.253. The molecule has 0 aliphatic carbocycles. The molecule has 0 aliphatic heterocycles. The molecule has 14 heavy (non-hydrogen) atoms. The third kappa shape index (κ3) is 2.53. The van der Waals surface area contributed by atoms with Crippen molar-refractivity contribution < 1.29 is 9.84 Å².